The van der Waals surface area contributed by atoms with Gasteiger partial charge >= 0.3 is 12.0 Å². The minimum absolute atomic E-state index is 0.222. The molecule has 0 aliphatic rings. The predicted molar refractivity (Wildman–Crippen MR) is 72.6 cm³/mol. The van der Waals surface area contributed by atoms with Crippen LogP contribution < -0.4 is 10.6 Å². The molecule has 1 aromatic carbocycles. The molecule has 104 valence electrons. The Morgan fingerprint density at radius 2 is 2.11 bits per heavy atom. The van der Waals surface area contributed by atoms with Crippen LogP contribution >= 0.6 is 15.9 Å². The Bertz CT molecular complexity index is 510. The molecule has 0 spiro atoms. The van der Waals surface area contributed by atoms with Crippen molar-refractivity contribution in [1.82, 2.24) is 5.32 Å². The van der Waals surface area contributed by atoms with Crippen molar-refractivity contribution in [3.63, 3.8) is 0 Å². The number of hydrogen-bond donors (Lipinski definition) is 3. The van der Waals surface area contributed by atoms with Crippen LogP contribution in [0, 0.1) is 5.82 Å². The SMILES string of the molecule is CCC(C)(NC(=O)Nc1cc(F)ccc1Br)C(=O)O. The smallest absolute Gasteiger partial charge is 0.329 e. The maximum absolute atomic E-state index is 13.0. The number of hydrogen-bond acceptors (Lipinski definition) is 2. The average Bonchev–Trinajstić information content (AvgIpc) is 2.33. The molecule has 5 nitrogen and oxygen atoms in total. The summed E-state index contributed by atoms with van der Waals surface area (Å²) in [7, 11) is 0. The Morgan fingerprint density at radius 1 is 1.47 bits per heavy atom. The molecule has 3 N–H and O–H groups in total. The van der Waals surface area contributed by atoms with Crippen LogP contribution in [0.15, 0.2) is 22.7 Å². The zero-order valence-electron chi connectivity index (χ0n) is 10.5. The van der Waals surface area contributed by atoms with Crippen molar-refractivity contribution in [2.45, 2.75) is 25.8 Å². The first kappa shape index (κ1) is 15.4. The van der Waals surface area contributed by atoms with Crippen molar-refractivity contribution in [2.75, 3.05) is 5.32 Å². The fourth-order valence-electron chi connectivity index (χ4n) is 1.29. The molecule has 0 aliphatic carbocycles. The lowest BCUT2D eigenvalue weighted by Gasteiger charge is -2.24. The first-order chi connectivity index (χ1) is 8.78. The van der Waals surface area contributed by atoms with Gasteiger partial charge in [-0.15, -0.1) is 0 Å². The molecule has 1 atom stereocenters. The van der Waals surface area contributed by atoms with Crippen LogP contribution in [0.25, 0.3) is 0 Å². The van der Waals surface area contributed by atoms with Crippen LogP contribution in [-0.4, -0.2) is 22.6 Å². The summed E-state index contributed by atoms with van der Waals surface area (Å²) in [5, 5.41) is 13.8. The lowest BCUT2D eigenvalue weighted by atomic mass is 10.00. The van der Waals surface area contributed by atoms with Gasteiger partial charge in [0.05, 0.1) is 5.69 Å². The van der Waals surface area contributed by atoms with Gasteiger partial charge in [-0.05, 0) is 47.5 Å². The van der Waals surface area contributed by atoms with Gasteiger partial charge in [-0.1, -0.05) is 6.92 Å². The highest BCUT2D eigenvalue weighted by atomic mass is 79.9. The summed E-state index contributed by atoms with van der Waals surface area (Å²) in [6.45, 7) is 3.04. The van der Waals surface area contributed by atoms with Crippen molar-refractivity contribution in [2.24, 2.45) is 0 Å². The molecule has 7 heteroatoms. The molecule has 0 aromatic heterocycles. The minimum Gasteiger partial charge on any atom is -0.480 e. The number of amides is 2. The second kappa shape index (κ2) is 6.01. The first-order valence-corrected chi connectivity index (χ1v) is 6.35. The Kier molecular flexibility index (Phi) is 4.88. The van der Waals surface area contributed by atoms with Gasteiger partial charge in [0.1, 0.15) is 11.4 Å². The first-order valence-electron chi connectivity index (χ1n) is 5.56. The summed E-state index contributed by atoms with van der Waals surface area (Å²) in [5.74, 6) is -1.64. The number of carboxylic acids is 1. The van der Waals surface area contributed by atoms with E-state index in [0.29, 0.717) is 4.47 Å². The summed E-state index contributed by atoms with van der Waals surface area (Å²) < 4.78 is 13.5. The van der Waals surface area contributed by atoms with Crippen molar-refractivity contribution in [3.05, 3.63) is 28.5 Å². The highest BCUT2D eigenvalue weighted by Crippen LogP contribution is 2.23. The van der Waals surface area contributed by atoms with Gasteiger partial charge in [0, 0.05) is 4.47 Å². The monoisotopic (exact) mass is 332 g/mol. The van der Waals surface area contributed by atoms with Gasteiger partial charge in [-0.2, -0.15) is 0 Å². The molecule has 19 heavy (non-hydrogen) atoms. The number of carboxylic acid groups (broad SMARTS) is 1. The molecule has 0 bridgehead atoms. The summed E-state index contributed by atoms with van der Waals surface area (Å²) in [6, 6.07) is 3.10. The second-order valence-corrected chi connectivity index (χ2v) is 5.05. The molecule has 0 aliphatic heterocycles. The van der Waals surface area contributed by atoms with E-state index in [1.165, 1.54) is 19.1 Å². The lowest BCUT2D eigenvalue weighted by Crippen LogP contribution is -2.53. The molecule has 0 radical (unpaired) electrons. The van der Waals surface area contributed by atoms with Crippen molar-refractivity contribution in [3.8, 4) is 0 Å². The van der Waals surface area contributed by atoms with Crippen LogP contribution in [0.3, 0.4) is 0 Å². The highest BCUT2D eigenvalue weighted by molar-refractivity contribution is 9.10. The van der Waals surface area contributed by atoms with Crippen LogP contribution in [-0.2, 0) is 4.79 Å². The third kappa shape index (κ3) is 3.92. The van der Waals surface area contributed by atoms with E-state index in [4.69, 9.17) is 5.11 Å². The standard InChI is InChI=1S/C12H14BrFN2O3/c1-3-12(2,10(17)18)16-11(19)15-9-6-7(14)4-5-8(9)13/h4-6H,3H2,1-2H3,(H,17,18)(H2,15,16,19). The number of nitrogens with one attached hydrogen (secondary N) is 2. The van der Waals surface area contributed by atoms with Gasteiger partial charge in [0.2, 0.25) is 0 Å². The Labute approximate surface area is 118 Å². The molecule has 0 saturated carbocycles. The number of halogens is 2. The zero-order chi connectivity index (χ0) is 14.6. The predicted octanol–water partition coefficient (Wildman–Crippen LogP) is 2.96. The number of rotatable bonds is 4. The maximum atomic E-state index is 13.0. The quantitative estimate of drug-likeness (QED) is 0.793. The number of urea groups is 1. The third-order valence-corrected chi connectivity index (χ3v) is 3.44. The van der Waals surface area contributed by atoms with Gasteiger partial charge in [-0.3, -0.25) is 0 Å². The van der Waals surface area contributed by atoms with Gasteiger partial charge in [0.15, 0.2) is 0 Å². The Balaban J connectivity index is 2.80. The molecule has 2 amide bonds. The van der Waals surface area contributed by atoms with Crippen LogP contribution in [0.1, 0.15) is 20.3 Å². The van der Waals surface area contributed by atoms with Gasteiger partial charge in [-0.25, -0.2) is 14.0 Å². The lowest BCUT2D eigenvalue weighted by molar-refractivity contribution is -0.143. The molecular formula is C12H14BrFN2O3. The van der Waals surface area contributed by atoms with E-state index in [9.17, 15) is 14.0 Å². The molecule has 0 fully saturated rings. The largest absolute Gasteiger partial charge is 0.480 e. The Hall–Kier alpha value is -1.63. The Morgan fingerprint density at radius 3 is 2.63 bits per heavy atom. The molecule has 1 aromatic rings. The van der Waals surface area contributed by atoms with Crippen LogP contribution in [0.5, 0.6) is 0 Å². The van der Waals surface area contributed by atoms with E-state index in [1.807, 2.05) is 0 Å². The fourth-order valence-corrected chi connectivity index (χ4v) is 1.64. The number of aliphatic carboxylic acids is 1. The van der Waals surface area contributed by atoms with Crippen LogP contribution in [0.2, 0.25) is 0 Å². The average molecular weight is 333 g/mol. The van der Waals surface area contributed by atoms with Crippen molar-refractivity contribution >= 4 is 33.6 Å². The van der Waals surface area contributed by atoms with Crippen molar-refractivity contribution < 1.29 is 19.1 Å². The number of carbonyl (C=O) groups is 2. The summed E-state index contributed by atoms with van der Waals surface area (Å²) >= 11 is 3.16. The topological polar surface area (TPSA) is 78.4 Å². The minimum atomic E-state index is -1.37. The van der Waals surface area contributed by atoms with E-state index in [2.05, 4.69) is 26.6 Å². The molecule has 1 unspecified atom stereocenters. The summed E-state index contributed by atoms with van der Waals surface area (Å²) in [5.41, 5.74) is -1.15. The normalized spacial score (nSPS) is 13.5. The summed E-state index contributed by atoms with van der Waals surface area (Å²) in [6.07, 6.45) is 0.222. The van der Waals surface area contributed by atoms with E-state index in [-0.39, 0.29) is 12.1 Å². The highest BCUT2D eigenvalue weighted by Gasteiger charge is 2.32. The number of carbonyl (C=O) groups excluding carboxylic acids is 1. The molecular weight excluding hydrogens is 319 g/mol. The number of anilines is 1. The van der Waals surface area contributed by atoms with E-state index in [1.54, 1.807) is 6.92 Å². The zero-order valence-corrected chi connectivity index (χ0v) is 12.0. The molecule has 1 rings (SSSR count). The van der Waals surface area contributed by atoms with E-state index >= 15 is 0 Å². The second-order valence-electron chi connectivity index (χ2n) is 4.19. The summed E-state index contributed by atoms with van der Waals surface area (Å²) in [4.78, 5) is 22.8. The molecule has 0 heterocycles. The number of benzene rings is 1. The maximum Gasteiger partial charge on any atom is 0.329 e. The van der Waals surface area contributed by atoms with Crippen LogP contribution in [0.4, 0.5) is 14.9 Å². The fraction of sp³-hybridized carbons (Fsp3) is 0.333. The van der Waals surface area contributed by atoms with Gasteiger partial charge < -0.3 is 15.7 Å². The van der Waals surface area contributed by atoms with Gasteiger partial charge in [0.25, 0.3) is 0 Å². The molecule has 0 saturated heterocycles. The third-order valence-electron chi connectivity index (χ3n) is 2.75. The van der Waals surface area contributed by atoms with Crippen molar-refractivity contribution in [1.29, 1.82) is 0 Å². The van der Waals surface area contributed by atoms with E-state index < -0.39 is 23.4 Å². The van der Waals surface area contributed by atoms with E-state index in [0.717, 1.165) is 6.07 Å².